The molecule has 0 saturated carbocycles. The minimum atomic E-state index is -0.578. The molecule has 150 valence electrons. The van der Waals surface area contributed by atoms with E-state index in [1.54, 1.807) is 31.2 Å². The molecule has 0 aliphatic rings. The molecule has 3 amide bonds. The number of ether oxygens (including phenoxy) is 1. The van der Waals surface area contributed by atoms with E-state index in [0.717, 1.165) is 17.4 Å². The van der Waals surface area contributed by atoms with E-state index < -0.39 is 17.8 Å². The summed E-state index contributed by atoms with van der Waals surface area (Å²) in [6.07, 6.45) is 0. The smallest absolute Gasteiger partial charge is 0.325 e. The lowest BCUT2D eigenvalue weighted by Crippen LogP contribution is -2.19. The molecule has 1 aromatic heterocycles. The number of aryl methyl sites for hydroxylation is 1. The number of amides is 3. The Morgan fingerprint density at radius 1 is 1.14 bits per heavy atom. The zero-order valence-corrected chi connectivity index (χ0v) is 17.0. The summed E-state index contributed by atoms with van der Waals surface area (Å²) in [4.78, 5) is 29.2. The van der Waals surface area contributed by atoms with Gasteiger partial charge in [0.2, 0.25) is 0 Å². The lowest BCUT2D eigenvalue weighted by Gasteiger charge is -2.09. The van der Waals surface area contributed by atoms with Crippen LogP contribution in [-0.4, -0.2) is 24.0 Å². The Morgan fingerprint density at radius 3 is 2.62 bits per heavy atom. The first kappa shape index (κ1) is 20.6. The molecule has 3 N–H and O–H groups in total. The normalized spacial score (nSPS) is 10.3. The van der Waals surface area contributed by atoms with Crippen LogP contribution in [0.25, 0.3) is 0 Å². The van der Waals surface area contributed by atoms with Crippen LogP contribution < -0.4 is 20.7 Å². The van der Waals surface area contributed by atoms with E-state index in [1.165, 1.54) is 19.2 Å². The highest BCUT2D eigenvalue weighted by Crippen LogP contribution is 2.26. The van der Waals surface area contributed by atoms with Gasteiger partial charge in [-0.15, -0.1) is 0 Å². The zero-order valence-electron chi connectivity index (χ0n) is 15.4. The maximum Gasteiger partial charge on any atom is 0.325 e. The maximum absolute atomic E-state index is 13.2. The first-order valence-electron chi connectivity index (χ1n) is 8.32. The van der Waals surface area contributed by atoms with Crippen molar-refractivity contribution in [2.45, 2.75) is 6.92 Å². The van der Waals surface area contributed by atoms with Crippen LogP contribution in [0.2, 0.25) is 5.02 Å². The molecular weight excluding hydrogens is 419 g/mol. The number of halogens is 2. The molecule has 2 aromatic carbocycles. The predicted molar refractivity (Wildman–Crippen MR) is 112 cm³/mol. The molecule has 0 bridgehead atoms. The number of hydrogen-bond acceptors (Lipinski definition) is 5. The molecule has 3 rings (SSSR count). The van der Waals surface area contributed by atoms with Gasteiger partial charge in [0, 0.05) is 5.69 Å². The van der Waals surface area contributed by atoms with Gasteiger partial charge in [-0.05, 0) is 37.3 Å². The van der Waals surface area contributed by atoms with E-state index >= 15 is 0 Å². The van der Waals surface area contributed by atoms with Crippen LogP contribution in [0.4, 0.5) is 25.7 Å². The van der Waals surface area contributed by atoms with Gasteiger partial charge in [-0.3, -0.25) is 10.1 Å². The molecule has 10 heteroatoms. The summed E-state index contributed by atoms with van der Waals surface area (Å²) in [6, 6.07) is 10.3. The van der Waals surface area contributed by atoms with Crippen molar-refractivity contribution < 1.29 is 18.7 Å². The van der Waals surface area contributed by atoms with Gasteiger partial charge in [0.25, 0.3) is 5.91 Å². The SMILES string of the molecule is COc1ccccc1NC(=O)Nc1nc(C)c(C(=O)Nc2ccc(F)c(Cl)c2)s1. The second-order valence-corrected chi connectivity index (χ2v) is 7.20. The number of aromatic nitrogens is 1. The van der Waals surface area contributed by atoms with Gasteiger partial charge >= 0.3 is 6.03 Å². The number of para-hydroxylation sites is 2. The number of nitrogens with zero attached hydrogens (tertiary/aromatic N) is 1. The van der Waals surface area contributed by atoms with E-state index in [4.69, 9.17) is 16.3 Å². The van der Waals surface area contributed by atoms with Crippen molar-refractivity contribution in [3.8, 4) is 5.75 Å². The lowest BCUT2D eigenvalue weighted by molar-refractivity contribution is 0.102. The Labute approximate surface area is 174 Å². The summed E-state index contributed by atoms with van der Waals surface area (Å²) in [5, 5.41) is 8.02. The summed E-state index contributed by atoms with van der Waals surface area (Å²) in [7, 11) is 1.50. The maximum atomic E-state index is 13.2. The summed E-state index contributed by atoms with van der Waals surface area (Å²) < 4.78 is 18.4. The summed E-state index contributed by atoms with van der Waals surface area (Å²) >= 11 is 6.73. The Kier molecular flexibility index (Phi) is 6.30. The number of nitrogens with one attached hydrogen (secondary N) is 3. The van der Waals surface area contributed by atoms with Gasteiger partial charge in [-0.1, -0.05) is 35.1 Å². The Hall–Kier alpha value is -3.17. The first-order valence-corrected chi connectivity index (χ1v) is 9.51. The van der Waals surface area contributed by atoms with Crippen LogP contribution in [0.15, 0.2) is 42.5 Å². The number of urea groups is 1. The largest absolute Gasteiger partial charge is 0.495 e. The van der Waals surface area contributed by atoms with Crippen molar-refractivity contribution in [3.05, 3.63) is 63.9 Å². The van der Waals surface area contributed by atoms with Gasteiger partial charge < -0.3 is 15.4 Å². The average Bonchev–Trinajstić information content (AvgIpc) is 3.05. The van der Waals surface area contributed by atoms with Crippen LogP contribution in [0.5, 0.6) is 5.75 Å². The van der Waals surface area contributed by atoms with Crippen molar-refractivity contribution in [2.75, 3.05) is 23.1 Å². The molecule has 29 heavy (non-hydrogen) atoms. The molecule has 0 aliphatic carbocycles. The van der Waals surface area contributed by atoms with Gasteiger partial charge in [0.15, 0.2) is 5.13 Å². The Balaban J connectivity index is 1.68. The minimum Gasteiger partial charge on any atom is -0.495 e. The molecule has 0 atom stereocenters. The number of anilines is 3. The molecule has 7 nitrogen and oxygen atoms in total. The number of thiazole rings is 1. The van der Waals surface area contributed by atoms with Crippen LogP contribution in [0.1, 0.15) is 15.4 Å². The fourth-order valence-electron chi connectivity index (χ4n) is 2.42. The number of carbonyl (C=O) groups is 2. The van der Waals surface area contributed by atoms with Crippen LogP contribution in [-0.2, 0) is 0 Å². The fraction of sp³-hybridized carbons (Fsp3) is 0.105. The molecule has 0 unspecified atom stereocenters. The second kappa shape index (κ2) is 8.89. The van der Waals surface area contributed by atoms with E-state index in [9.17, 15) is 14.0 Å². The standard InChI is InChI=1S/C19H16ClFN4O3S/c1-10-16(17(26)23-11-7-8-13(21)12(20)9-11)29-19(22-10)25-18(27)24-14-5-3-4-6-15(14)28-2/h3-9H,1-2H3,(H,23,26)(H2,22,24,25,27). The van der Waals surface area contributed by atoms with Crippen LogP contribution >= 0.6 is 22.9 Å². The molecule has 1 heterocycles. The van der Waals surface area contributed by atoms with Crippen molar-refractivity contribution in [3.63, 3.8) is 0 Å². The van der Waals surface area contributed by atoms with Gasteiger partial charge in [0.1, 0.15) is 16.4 Å². The Morgan fingerprint density at radius 2 is 1.90 bits per heavy atom. The van der Waals surface area contributed by atoms with E-state index in [0.29, 0.717) is 27.7 Å². The lowest BCUT2D eigenvalue weighted by atomic mass is 10.3. The highest BCUT2D eigenvalue weighted by atomic mass is 35.5. The average molecular weight is 435 g/mol. The molecule has 0 radical (unpaired) electrons. The van der Waals surface area contributed by atoms with E-state index in [2.05, 4.69) is 20.9 Å². The molecule has 0 spiro atoms. The van der Waals surface area contributed by atoms with Gasteiger partial charge in [0.05, 0.1) is 23.5 Å². The Bertz CT molecular complexity index is 1070. The summed E-state index contributed by atoms with van der Waals surface area (Å²) in [6.45, 7) is 1.65. The molecule has 0 saturated heterocycles. The van der Waals surface area contributed by atoms with Crippen molar-refractivity contribution in [2.24, 2.45) is 0 Å². The highest BCUT2D eigenvalue weighted by molar-refractivity contribution is 7.17. The monoisotopic (exact) mass is 434 g/mol. The zero-order chi connectivity index (χ0) is 21.0. The minimum absolute atomic E-state index is 0.0980. The fourth-order valence-corrected chi connectivity index (χ4v) is 3.46. The van der Waals surface area contributed by atoms with Crippen molar-refractivity contribution >= 4 is 51.4 Å². The number of carbonyl (C=O) groups excluding carboxylic acids is 2. The summed E-state index contributed by atoms with van der Waals surface area (Å²) in [5.41, 5.74) is 1.28. The predicted octanol–water partition coefficient (Wildman–Crippen LogP) is 5.15. The summed E-state index contributed by atoms with van der Waals surface area (Å²) in [5.74, 6) is -0.511. The molecule has 3 aromatic rings. The van der Waals surface area contributed by atoms with Gasteiger partial charge in [-0.25, -0.2) is 14.2 Å². The van der Waals surface area contributed by atoms with Crippen LogP contribution in [0.3, 0.4) is 0 Å². The van der Waals surface area contributed by atoms with Crippen molar-refractivity contribution in [1.29, 1.82) is 0 Å². The highest BCUT2D eigenvalue weighted by Gasteiger charge is 2.18. The van der Waals surface area contributed by atoms with Crippen LogP contribution in [0, 0.1) is 12.7 Å². The molecule has 0 fully saturated rings. The first-order chi connectivity index (χ1) is 13.9. The number of benzene rings is 2. The second-order valence-electron chi connectivity index (χ2n) is 5.80. The molecule has 0 aliphatic heterocycles. The number of rotatable bonds is 5. The van der Waals surface area contributed by atoms with Gasteiger partial charge in [-0.2, -0.15) is 0 Å². The number of methoxy groups -OCH3 is 1. The third-order valence-corrected chi connectivity index (χ3v) is 5.12. The third kappa shape index (κ3) is 5.01. The topological polar surface area (TPSA) is 92.3 Å². The third-order valence-electron chi connectivity index (χ3n) is 3.76. The molecular formula is C19H16ClFN4O3S. The van der Waals surface area contributed by atoms with E-state index in [-0.39, 0.29) is 10.2 Å². The van der Waals surface area contributed by atoms with Crippen molar-refractivity contribution in [1.82, 2.24) is 4.98 Å². The number of hydrogen-bond donors (Lipinski definition) is 3. The van der Waals surface area contributed by atoms with E-state index in [1.807, 2.05) is 0 Å². The quantitative estimate of drug-likeness (QED) is 0.517.